The third-order valence-electron chi connectivity index (χ3n) is 6.15. The summed E-state index contributed by atoms with van der Waals surface area (Å²) < 4.78 is 14.6. The van der Waals surface area contributed by atoms with Crippen molar-refractivity contribution in [2.45, 2.75) is 45.2 Å². The number of nitrogen functional groups attached to an aromatic ring is 1. The Morgan fingerprint density at radius 2 is 1.94 bits per heavy atom. The summed E-state index contributed by atoms with van der Waals surface area (Å²) in [5.41, 5.74) is 14.9. The number of anilines is 1. The Morgan fingerprint density at radius 1 is 1.19 bits per heavy atom. The van der Waals surface area contributed by atoms with Crippen LogP contribution >= 0.6 is 0 Å². The molecule has 1 fully saturated rings. The van der Waals surface area contributed by atoms with E-state index in [2.05, 4.69) is 32.1 Å². The van der Waals surface area contributed by atoms with Gasteiger partial charge in [0.05, 0.1) is 11.4 Å². The smallest absolute Gasteiger partial charge is 0.220 e. The molecule has 4 heterocycles. The van der Waals surface area contributed by atoms with Crippen molar-refractivity contribution in [3.05, 3.63) is 47.2 Å². The number of dihydropyridines is 1. The number of halogens is 1. The predicted molar refractivity (Wildman–Crippen MR) is 123 cm³/mol. The van der Waals surface area contributed by atoms with Gasteiger partial charge >= 0.3 is 0 Å². The van der Waals surface area contributed by atoms with Crippen LogP contribution < -0.4 is 16.8 Å². The number of nitrogens with zero attached hydrogens (tertiary/aromatic N) is 4. The molecule has 0 bridgehead atoms. The second kappa shape index (κ2) is 9.22. The summed E-state index contributed by atoms with van der Waals surface area (Å²) in [7, 11) is 0. The van der Waals surface area contributed by atoms with Crippen LogP contribution in [0, 0.1) is 6.92 Å². The molecular formula is C23H30FN7O. The fourth-order valence-electron chi connectivity index (χ4n) is 4.47. The highest BCUT2D eigenvalue weighted by Crippen LogP contribution is 2.36. The molecule has 0 aliphatic carbocycles. The summed E-state index contributed by atoms with van der Waals surface area (Å²) >= 11 is 0. The monoisotopic (exact) mass is 439 g/mol. The lowest BCUT2D eigenvalue weighted by atomic mass is 9.89. The molecule has 1 atom stereocenters. The van der Waals surface area contributed by atoms with E-state index in [0.717, 1.165) is 50.2 Å². The van der Waals surface area contributed by atoms with Gasteiger partial charge in [-0.3, -0.25) is 0 Å². The first-order valence-electron chi connectivity index (χ1n) is 11.0. The van der Waals surface area contributed by atoms with Crippen molar-refractivity contribution in [1.29, 1.82) is 0 Å². The Bertz CT molecular complexity index is 1060. The largest absolute Gasteiger partial charge is 0.506 e. The maximum absolute atomic E-state index is 14.6. The van der Waals surface area contributed by atoms with E-state index in [0.29, 0.717) is 11.4 Å². The summed E-state index contributed by atoms with van der Waals surface area (Å²) in [5, 5.41) is 13.3. The molecule has 1 saturated heterocycles. The van der Waals surface area contributed by atoms with Crippen molar-refractivity contribution in [1.82, 2.24) is 25.2 Å². The maximum atomic E-state index is 14.6. The number of aromatic hydroxyl groups is 1. The van der Waals surface area contributed by atoms with Crippen LogP contribution in [0.25, 0.3) is 17.0 Å². The summed E-state index contributed by atoms with van der Waals surface area (Å²) in [6.45, 7) is 7.26. The number of hydrogen-bond acceptors (Lipinski definition) is 8. The van der Waals surface area contributed by atoms with Gasteiger partial charge in [0.25, 0.3) is 0 Å². The lowest BCUT2D eigenvalue weighted by Gasteiger charge is -2.32. The molecule has 170 valence electrons. The number of allylic oxidation sites excluding steroid dienone is 2. The molecule has 0 amide bonds. The Balaban J connectivity index is 1.72. The molecule has 2 aliphatic heterocycles. The van der Waals surface area contributed by atoms with E-state index in [9.17, 15) is 9.50 Å². The van der Waals surface area contributed by atoms with Crippen LogP contribution in [0.5, 0.6) is 5.75 Å². The minimum Gasteiger partial charge on any atom is -0.506 e. The Kier molecular flexibility index (Phi) is 6.38. The van der Waals surface area contributed by atoms with Crippen molar-refractivity contribution in [2.75, 3.05) is 25.4 Å². The topological polar surface area (TPSA) is 126 Å². The molecule has 0 radical (unpaired) electrons. The van der Waals surface area contributed by atoms with Gasteiger partial charge in [-0.05, 0) is 75.8 Å². The van der Waals surface area contributed by atoms with E-state index in [1.165, 1.54) is 6.07 Å². The van der Waals surface area contributed by atoms with Gasteiger partial charge in [-0.25, -0.2) is 19.3 Å². The molecular weight excluding hydrogens is 409 g/mol. The SMILES string of the molecule is CCCN1CCC(c2nc(N)nc(-c3nc(C4=C(F)C(N)NC=C4)ccc3O)c2C)CC1. The van der Waals surface area contributed by atoms with Crippen LogP contribution in [0.1, 0.15) is 49.1 Å². The number of piperidine rings is 1. The van der Waals surface area contributed by atoms with Crippen LogP contribution in [0.4, 0.5) is 10.3 Å². The number of pyridine rings is 1. The lowest BCUT2D eigenvalue weighted by Crippen LogP contribution is -2.36. The molecule has 0 saturated carbocycles. The van der Waals surface area contributed by atoms with E-state index >= 15 is 0 Å². The first-order chi connectivity index (χ1) is 15.4. The Morgan fingerprint density at radius 3 is 2.66 bits per heavy atom. The molecule has 0 aromatic carbocycles. The zero-order valence-electron chi connectivity index (χ0n) is 18.5. The maximum Gasteiger partial charge on any atom is 0.220 e. The molecule has 1 unspecified atom stereocenters. The minimum atomic E-state index is -0.935. The zero-order chi connectivity index (χ0) is 22.8. The van der Waals surface area contributed by atoms with E-state index in [1.54, 1.807) is 18.3 Å². The Hall–Kier alpha value is -3.04. The fraction of sp³-hybridized carbons (Fsp3) is 0.435. The van der Waals surface area contributed by atoms with Crippen molar-refractivity contribution in [3.63, 3.8) is 0 Å². The molecule has 2 aromatic heterocycles. The molecule has 8 nitrogen and oxygen atoms in total. The van der Waals surface area contributed by atoms with E-state index < -0.39 is 12.0 Å². The van der Waals surface area contributed by atoms with Gasteiger partial charge in [-0.2, -0.15) is 0 Å². The van der Waals surface area contributed by atoms with Gasteiger partial charge in [0.15, 0.2) is 0 Å². The molecule has 32 heavy (non-hydrogen) atoms. The van der Waals surface area contributed by atoms with E-state index in [-0.39, 0.29) is 28.9 Å². The van der Waals surface area contributed by atoms with Crippen LogP contribution in [0.15, 0.2) is 30.2 Å². The number of hydrogen-bond donors (Lipinski definition) is 4. The number of likely N-dealkylation sites (tertiary alicyclic amines) is 1. The van der Waals surface area contributed by atoms with Crippen molar-refractivity contribution in [3.8, 4) is 17.1 Å². The summed E-state index contributed by atoms with van der Waals surface area (Å²) in [4.78, 5) is 15.9. The first-order valence-corrected chi connectivity index (χ1v) is 11.0. The second-order valence-corrected chi connectivity index (χ2v) is 8.36. The Labute approximate surface area is 187 Å². The third-order valence-corrected chi connectivity index (χ3v) is 6.15. The standard InChI is InChI=1S/C23H30FN7O/c1-3-10-31-11-7-14(8-12-31)19-13(2)20(30-23(26)29-19)21-17(32)5-4-16(28-21)15-6-9-27-22(25)18(15)24/h4-6,9,14,22,27,32H,3,7-8,10-12,25H2,1-2H3,(H2,26,29,30). The number of nitrogens with two attached hydrogens (primary N) is 2. The average Bonchev–Trinajstić information content (AvgIpc) is 2.78. The highest BCUT2D eigenvalue weighted by molar-refractivity contribution is 5.78. The molecule has 4 rings (SSSR count). The second-order valence-electron chi connectivity index (χ2n) is 8.36. The van der Waals surface area contributed by atoms with Crippen LogP contribution in [0.3, 0.4) is 0 Å². The van der Waals surface area contributed by atoms with Gasteiger partial charge in [0.1, 0.15) is 29.1 Å². The normalized spacial score (nSPS) is 19.9. The summed E-state index contributed by atoms with van der Waals surface area (Å²) in [6, 6.07) is 3.04. The lowest BCUT2D eigenvalue weighted by molar-refractivity contribution is 0.211. The van der Waals surface area contributed by atoms with Crippen LogP contribution in [-0.4, -0.2) is 50.8 Å². The number of nitrogens with one attached hydrogen (secondary N) is 1. The summed E-state index contributed by atoms with van der Waals surface area (Å²) in [5.74, 6) is -0.169. The molecule has 0 spiro atoms. The van der Waals surface area contributed by atoms with Gasteiger partial charge < -0.3 is 26.8 Å². The molecule has 6 N–H and O–H groups in total. The van der Waals surface area contributed by atoms with Crippen molar-refractivity contribution < 1.29 is 9.50 Å². The van der Waals surface area contributed by atoms with Gasteiger partial charge in [-0.15, -0.1) is 0 Å². The first kappa shape index (κ1) is 22.2. The quantitative estimate of drug-likeness (QED) is 0.560. The van der Waals surface area contributed by atoms with Gasteiger partial charge in [0, 0.05) is 11.5 Å². The number of rotatable bonds is 5. The average molecular weight is 440 g/mol. The van der Waals surface area contributed by atoms with E-state index in [1.807, 2.05) is 6.92 Å². The summed E-state index contributed by atoms with van der Waals surface area (Å²) in [6.07, 6.45) is 5.33. The number of aromatic nitrogens is 3. The van der Waals surface area contributed by atoms with Crippen LogP contribution in [0.2, 0.25) is 0 Å². The predicted octanol–water partition coefficient (Wildman–Crippen LogP) is 2.81. The third kappa shape index (κ3) is 4.31. The minimum absolute atomic E-state index is 0.0538. The molecule has 9 heteroatoms. The van der Waals surface area contributed by atoms with Crippen molar-refractivity contribution >= 4 is 11.5 Å². The van der Waals surface area contributed by atoms with Crippen molar-refractivity contribution in [2.24, 2.45) is 5.73 Å². The highest BCUT2D eigenvalue weighted by Gasteiger charge is 2.26. The highest BCUT2D eigenvalue weighted by atomic mass is 19.1. The van der Waals surface area contributed by atoms with Gasteiger partial charge in [0.2, 0.25) is 5.95 Å². The van der Waals surface area contributed by atoms with E-state index in [4.69, 9.17) is 11.5 Å². The molecule has 2 aliphatic rings. The fourth-order valence-corrected chi connectivity index (χ4v) is 4.47. The van der Waals surface area contributed by atoms with Gasteiger partial charge in [-0.1, -0.05) is 6.92 Å². The molecule has 2 aromatic rings. The van der Waals surface area contributed by atoms with Crippen LogP contribution in [-0.2, 0) is 0 Å². The zero-order valence-corrected chi connectivity index (χ0v) is 18.5.